The molecule has 0 radical (unpaired) electrons. The predicted molar refractivity (Wildman–Crippen MR) is 85.5 cm³/mol. The van der Waals surface area contributed by atoms with Gasteiger partial charge in [0.05, 0.1) is 16.3 Å². The summed E-state index contributed by atoms with van der Waals surface area (Å²) in [4.78, 5) is 11.1. The fraction of sp³-hybridized carbons (Fsp3) is 0.438. The number of alkyl halides is 3. The summed E-state index contributed by atoms with van der Waals surface area (Å²) in [5.74, 6) is -1.75. The second-order valence-electron chi connectivity index (χ2n) is 6.73. The summed E-state index contributed by atoms with van der Waals surface area (Å²) in [6.45, 7) is 6.52. The number of ether oxygens (including phenoxy) is 1. The summed E-state index contributed by atoms with van der Waals surface area (Å²) < 4.78 is 44.1. The number of hydrogen-bond donors (Lipinski definition) is 2. The van der Waals surface area contributed by atoms with Crippen LogP contribution in [0.2, 0.25) is 5.02 Å². The molecule has 1 aliphatic heterocycles. The summed E-state index contributed by atoms with van der Waals surface area (Å²) in [7, 11) is 0. The van der Waals surface area contributed by atoms with Crippen molar-refractivity contribution in [1.29, 1.82) is 0 Å². The van der Waals surface area contributed by atoms with Crippen LogP contribution in [0.25, 0.3) is 6.08 Å². The molecule has 0 saturated heterocycles. The van der Waals surface area contributed by atoms with Crippen LogP contribution in [0.5, 0.6) is 5.75 Å². The lowest BCUT2D eigenvalue weighted by Gasteiger charge is -2.28. The van der Waals surface area contributed by atoms with Crippen LogP contribution in [-0.2, 0) is 4.79 Å². The van der Waals surface area contributed by atoms with Crippen molar-refractivity contribution in [3.63, 3.8) is 0 Å². The van der Waals surface area contributed by atoms with Gasteiger partial charge in [-0.3, -0.25) is 0 Å². The molecular formula is C16H17ClF3NO3. The molecule has 4 nitrogen and oxygen atoms in total. The molecule has 8 heteroatoms. The Hall–Kier alpha value is -1.89. The fourth-order valence-corrected chi connectivity index (χ4v) is 2.37. The second-order valence-corrected chi connectivity index (χ2v) is 7.14. The lowest BCUT2D eigenvalue weighted by molar-refractivity contribution is -0.187. The Kier molecular flexibility index (Phi) is 4.77. The molecule has 0 aliphatic carbocycles. The van der Waals surface area contributed by atoms with E-state index in [1.54, 1.807) is 0 Å². The van der Waals surface area contributed by atoms with E-state index in [2.05, 4.69) is 5.32 Å². The summed E-state index contributed by atoms with van der Waals surface area (Å²) in [6.07, 6.45) is -6.40. The van der Waals surface area contributed by atoms with E-state index in [9.17, 15) is 18.0 Å². The molecule has 1 unspecified atom stereocenters. The van der Waals surface area contributed by atoms with Gasteiger partial charge in [-0.25, -0.2) is 4.79 Å². The Labute approximate surface area is 142 Å². The number of carboxylic acids is 1. The van der Waals surface area contributed by atoms with E-state index < -0.39 is 23.8 Å². The van der Waals surface area contributed by atoms with Crippen LogP contribution in [0.3, 0.4) is 0 Å². The maximum Gasteiger partial charge on any atom is 0.430 e. The number of hydrogen-bond acceptors (Lipinski definition) is 3. The van der Waals surface area contributed by atoms with Crippen LogP contribution in [0.1, 0.15) is 26.3 Å². The zero-order valence-corrected chi connectivity index (χ0v) is 14.0. The minimum absolute atomic E-state index is 0.0645. The molecule has 1 heterocycles. The molecule has 0 aromatic heterocycles. The highest BCUT2D eigenvalue weighted by Crippen LogP contribution is 2.40. The van der Waals surface area contributed by atoms with Gasteiger partial charge in [-0.1, -0.05) is 32.4 Å². The van der Waals surface area contributed by atoms with Crippen molar-refractivity contribution in [3.05, 3.63) is 28.3 Å². The molecule has 1 atom stereocenters. The van der Waals surface area contributed by atoms with Crippen LogP contribution in [0.4, 0.5) is 18.9 Å². The van der Waals surface area contributed by atoms with Crippen LogP contribution >= 0.6 is 11.6 Å². The van der Waals surface area contributed by atoms with Gasteiger partial charge >= 0.3 is 12.1 Å². The van der Waals surface area contributed by atoms with Crippen molar-refractivity contribution < 1.29 is 27.8 Å². The molecule has 1 aromatic carbocycles. The van der Waals surface area contributed by atoms with E-state index in [1.165, 1.54) is 12.1 Å². The van der Waals surface area contributed by atoms with Crippen molar-refractivity contribution in [3.8, 4) is 5.75 Å². The number of carboxylic acid groups (broad SMARTS) is 1. The third kappa shape index (κ3) is 4.14. The highest BCUT2D eigenvalue weighted by atomic mass is 35.5. The normalized spacial score (nSPS) is 17.6. The number of fused-ring (bicyclic) bond motifs is 1. The molecule has 0 fully saturated rings. The smallest absolute Gasteiger partial charge is 0.430 e. The van der Waals surface area contributed by atoms with Crippen molar-refractivity contribution in [2.24, 2.45) is 5.41 Å². The highest BCUT2D eigenvalue weighted by Gasteiger charge is 2.48. The lowest BCUT2D eigenvalue weighted by Crippen LogP contribution is -2.40. The number of benzene rings is 1. The maximum absolute atomic E-state index is 13.1. The van der Waals surface area contributed by atoms with E-state index in [0.717, 1.165) is 6.08 Å². The van der Waals surface area contributed by atoms with E-state index >= 15 is 0 Å². The van der Waals surface area contributed by atoms with Crippen molar-refractivity contribution in [2.75, 3.05) is 11.9 Å². The van der Waals surface area contributed by atoms with Crippen LogP contribution in [0, 0.1) is 5.41 Å². The Morgan fingerprint density at radius 2 is 1.96 bits per heavy atom. The third-order valence-corrected chi connectivity index (χ3v) is 3.60. The quantitative estimate of drug-likeness (QED) is 0.824. The van der Waals surface area contributed by atoms with Gasteiger partial charge in [-0.15, -0.1) is 0 Å². The fourth-order valence-electron chi connectivity index (χ4n) is 2.13. The lowest BCUT2D eigenvalue weighted by atomic mass is 9.96. The molecule has 1 aliphatic rings. The minimum atomic E-state index is -4.83. The topological polar surface area (TPSA) is 58.6 Å². The molecule has 0 amide bonds. The Morgan fingerprint density at radius 3 is 2.46 bits per heavy atom. The Balaban J connectivity index is 2.42. The van der Waals surface area contributed by atoms with Gasteiger partial charge in [0.25, 0.3) is 0 Å². The summed E-state index contributed by atoms with van der Waals surface area (Å²) in [5, 5.41) is 12.3. The Morgan fingerprint density at radius 1 is 1.33 bits per heavy atom. The van der Waals surface area contributed by atoms with Gasteiger partial charge in [0.1, 0.15) is 5.75 Å². The predicted octanol–water partition coefficient (Wildman–Crippen LogP) is 4.59. The van der Waals surface area contributed by atoms with E-state index in [0.29, 0.717) is 12.2 Å². The number of carbonyl (C=O) groups is 1. The maximum atomic E-state index is 13.1. The monoisotopic (exact) mass is 363 g/mol. The zero-order valence-electron chi connectivity index (χ0n) is 13.3. The number of rotatable bonds is 3. The van der Waals surface area contributed by atoms with Gasteiger partial charge in [-0.2, -0.15) is 13.2 Å². The summed E-state index contributed by atoms with van der Waals surface area (Å²) >= 11 is 6.13. The molecule has 0 spiro atoms. The molecule has 0 bridgehead atoms. The molecule has 2 N–H and O–H groups in total. The molecular weight excluding hydrogens is 347 g/mol. The van der Waals surface area contributed by atoms with Crippen molar-refractivity contribution in [1.82, 2.24) is 0 Å². The number of halogens is 4. The molecule has 1 aromatic rings. The van der Waals surface area contributed by atoms with Gasteiger partial charge < -0.3 is 15.2 Å². The van der Waals surface area contributed by atoms with Gasteiger partial charge in [0, 0.05) is 18.2 Å². The Bertz CT molecular complexity index is 693. The summed E-state index contributed by atoms with van der Waals surface area (Å²) in [6, 6.07) is 2.74. The van der Waals surface area contributed by atoms with Gasteiger partial charge in [0.15, 0.2) is 0 Å². The standard InChI is InChI=1S/C16H17ClF3NO3/c1-15(2,3)7-21-11-6-12-8(5-10(11)17)4-9(14(22)23)13(24-12)16(18,19)20/h4-6,13,21H,7H2,1-3H3,(H,22,23). The first-order valence-electron chi connectivity index (χ1n) is 7.14. The largest absolute Gasteiger partial charge is 0.478 e. The highest BCUT2D eigenvalue weighted by molar-refractivity contribution is 6.33. The zero-order chi connectivity index (χ0) is 18.3. The average Bonchev–Trinajstić information content (AvgIpc) is 2.41. The number of nitrogens with one attached hydrogen (secondary N) is 1. The van der Waals surface area contributed by atoms with Crippen molar-refractivity contribution in [2.45, 2.75) is 33.1 Å². The van der Waals surface area contributed by atoms with Gasteiger partial charge in [-0.05, 0) is 17.6 Å². The van der Waals surface area contributed by atoms with E-state index in [1.807, 2.05) is 20.8 Å². The number of aliphatic carboxylic acids is 1. The first-order chi connectivity index (χ1) is 10.9. The van der Waals surface area contributed by atoms with Crippen molar-refractivity contribution >= 4 is 29.3 Å². The minimum Gasteiger partial charge on any atom is -0.478 e. The van der Waals surface area contributed by atoms with Gasteiger partial charge in [0.2, 0.25) is 6.10 Å². The van der Waals surface area contributed by atoms with Crippen LogP contribution in [-0.4, -0.2) is 29.9 Å². The summed E-state index contributed by atoms with van der Waals surface area (Å²) in [5.41, 5.74) is -0.315. The molecule has 24 heavy (non-hydrogen) atoms. The number of anilines is 1. The van der Waals surface area contributed by atoms with Crippen LogP contribution < -0.4 is 10.1 Å². The first-order valence-corrected chi connectivity index (χ1v) is 7.52. The molecule has 0 saturated carbocycles. The third-order valence-electron chi connectivity index (χ3n) is 3.29. The average molecular weight is 364 g/mol. The van der Waals surface area contributed by atoms with E-state index in [-0.39, 0.29) is 21.8 Å². The van der Waals surface area contributed by atoms with Crippen LogP contribution in [0.15, 0.2) is 17.7 Å². The second kappa shape index (κ2) is 6.20. The SMILES string of the molecule is CC(C)(C)CNc1cc2c(cc1Cl)C=C(C(=O)O)C(C(F)(F)F)O2. The molecule has 132 valence electrons. The first kappa shape index (κ1) is 18.4. The molecule has 2 rings (SSSR count). The van der Waals surface area contributed by atoms with E-state index in [4.69, 9.17) is 21.4 Å².